The van der Waals surface area contributed by atoms with Gasteiger partial charge in [0.05, 0.1) is 0 Å². The van der Waals surface area contributed by atoms with Crippen LogP contribution < -0.4 is 22.1 Å². The van der Waals surface area contributed by atoms with Crippen LogP contribution in [0.1, 0.15) is 21.5 Å². The zero-order valence-corrected chi connectivity index (χ0v) is 12.0. The fraction of sp³-hybridized carbons (Fsp3) is 0.125. The molecule has 0 saturated heterocycles. The third-order valence-electron chi connectivity index (χ3n) is 3.10. The van der Waals surface area contributed by atoms with E-state index in [0.717, 1.165) is 11.1 Å². The summed E-state index contributed by atoms with van der Waals surface area (Å²) in [5, 5.41) is 5.31. The zero-order valence-electron chi connectivity index (χ0n) is 12.0. The van der Waals surface area contributed by atoms with Gasteiger partial charge in [-0.05, 0) is 35.4 Å². The van der Waals surface area contributed by atoms with Gasteiger partial charge in [-0.2, -0.15) is 0 Å². The SMILES string of the molecule is NCc1cccc(C(=O)NCc2ccc(NC(N)=O)cc2)c1. The maximum Gasteiger partial charge on any atom is 0.316 e. The van der Waals surface area contributed by atoms with E-state index in [1.807, 2.05) is 18.2 Å². The summed E-state index contributed by atoms with van der Waals surface area (Å²) < 4.78 is 0. The topological polar surface area (TPSA) is 110 Å². The molecule has 0 aliphatic heterocycles. The lowest BCUT2D eigenvalue weighted by Gasteiger charge is -2.08. The van der Waals surface area contributed by atoms with Crippen LogP contribution in [-0.2, 0) is 13.1 Å². The Bertz CT molecular complexity index is 668. The molecule has 0 heterocycles. The molecule has 6 N–H and O–H groups in total. The summed E-state index contributed by atoms with van der Waals surface area (Å²) in [6.07, 6.45) is 0. The normalized spacial score (nSPS) is 10.0. The number of amides is 3. The van der Waals surface area contributed by atoms with E-state index in [2.05, 4.69) is 10.6 Å². The standard InChI is InChI=1S/C16H18N4O2/c17-9-12-2-1-3-13(8-12)15(21)19-10-11-4-6-14(7-5-11)20-16(18)22/h1-8H,9-10,17H2,(H,19,21)(H3,18,20,22). The van der Waals surface area contributed by atoms with E-state index < -0.39 is 6.03 Å². The number of rotatable bonds is 5. The molecular weight excluding hydrogens is 280 g/mol. The molecule has 6 nitrogen and oxygen atoms in total. The van der Waals surface area contributed by atoms with Crippen molar-refractivity contribution in [3.8, 4) is 0 Å². The van der Waals surface area contributed by atoms with Gasteiger partial charge in [0, 0.05) is 24.3 Å². The minimum Gasteiger partial charge on any atom is -0.351 e. The van der Waals surface area contributed by atoms with Crippen LogP contribution in [0.3, 0.4) is 0 Å². The van der Waals surface area contributed by atoms with Crippen molar-refractivity contribution in [2.75, 3.05) is 5.32 Å². The van der Waals surface area contributed by atoms with Gasteiger partial charge >= 0.3 is 6.03 Å². The molecule has 0 radical (unpaired) electrons. The summed E-state index contributed by atoms with van der Waals surface area (Å²) in [5.74, 6) is -0.158. The van der Waals surface area contributed by atoms with E-state index in [1.54, 1.807) is 30.3 Å². The van der Waals surface area contributed by atoms with E-state index in [-0.39, 0.29) is 5.91 Å². The number of urea groups is 1. The molecule has 0 spiro atoms. The summed E-state index contributed by atoms with van der Waals surface area (Å²) in [4.78, 5) is 22.8. The Morgan fingerprint density at radius 3 is 2.36 bits per heavy atom. The average Bonchev–Trinajstić information content (AvgIpc) is 2.53. The summed E-state index contributed by atoms with van der Waals surface area (Å²) in [6.45, 7) is 0.790. The summed E-state index contributed by atoms with van der Waals surface area (Å²) in [6, 6.07) is 13.7. The van der Waals surface area contributed by atoms with Crippen LogP contribution in [0, 0.1) is 0 Å². The maximum absolute atomic E-state index is 12.1. The lowest BCUT2D eigenvalue weighted by Crippen LogP contribution is -2.23. The lowest BCUT2D eigenvalue weighted by molar-refractivity contribution is 0.0951. The molecular formula is C16H18N4O2. The number of hydrogen-bond acceptors (Lipinski definition) is 3. The Balaban J connectivity index is 1.94. The van der Waals surface area contributed by atoms with Crippen LogP contribution in [-0.4, -0.2) is 11.9 Å². The third kappa shape index (κ3) is 4.32. The van der Waals surface area contributed by atoms with Crippen LogP contribution in [0.15, 0.2) is 48.5 Å². The maximum atomic E-state index is 12.1. The number of anilines is 1. The van der Waals surface area contributed by atoms with Crippen molar-refractivity contribution in [2.45, 2.75) is 13.1 Å². The van der Waals surface area contributed by atoms with Crippen molar-refractivity contribution in [3.63, 3.8) is 0 Å². The van der Waals surface area contributed by atoms with Crippen molar-refractivity contribution < 1.29 is 9.59 Å². The highest BCUT2D eigenvalue weighted by atomic mass is 16.2. The van der Waals surface area contributed by atoms with Gasteiger partial charge in [-0.3, -0.25) is 4.79 Å². The molecule has 6 heteroatoms. The van der Waals surface area contributed by atoms with E-state index in [4.69, 9.17) is 11.5 Å². The van der Waals surface area contributed by atoms with Gasteiger partial charge in [0.15, 0.2) is 0 Å². The Morgan fingerprint density at radius 2 is 1.73 bits per heavy atom. The van der Waals surface area contributed by atoms with E-state index in [1.165, 1.54) is 0 Å². The van der Waals surface area contributed by atoms with Gasteiger partial charge in [-0.15, -0.1) is 0 Å². The fourth-order valence-electron chi connectivity index (χ4n) is 1.97. The average molecular weight is 298 g/mol. The molecule has 0 atom stereocenters. The monoisotopic (exact) mass is 298 g/mol. The molecule has 2 aromatic rings. The molecule has 0 unspecified atom stereocenters. The van der Waals surface area contributed by atoms with Crippen LogP contribution in [0.25, 0.3) is 0 Å². The van der Waals surface area contributed by atoms with Gasteiger partial charge < -0.3 is 22.1 Å². The first-order chi connectivity index (χ1) is 10.6. The van der Waals surface area contributed by atoms with Gasteiger partial charge in [-0.25, -0.2) is 4.79 Å². The van der Waals surface area contributed by atoms with Crippen molar-refractivity contribution in [1.29, 1.82) is 0 Å². The van der Waals surface area contributed by atoms with Gasteiger partial charge in [-0.1, -0.05) is 24.3 Å². The van der Waals surface area contributed by atoms with E-state index in [0.29, 0.717) is 24.3 Å². The minimum atomic E-state index is -0.610. The second kappa shape index (κ2) is 7.24. The molecule has 114 valence electrons. The highest BCUT2D eigenvalue weighted by Gasteiger charge is 2.06. The number of nitrogens with two attached hydrogens (primary N) is 2. The van der Waals surface area contributed by atoms with Crippen molar-refractivity contribution in [1.82, 2.24) is 5.32 Å². The number of hydrogen-bond donors (Lipinski definition) is 4. The molecule has 2 aromatic carbocycles. The van der Waals surface area contributed by atoms with Gasteiger partial charge in [0.1, 0.15) is 0 Å². The molecule has 0 aliphatic rings. The van der Waals surface area contributed by atoms with Crippen molar-refractivity contribution >= 4 is 17.6 Å². The molecule has 0 aromatic heterocycles. The fourth-order valence-corrected chi connectivity index (χ4v) is 1.97. The minimum absolute atomic E-state index is 0.158. The van der Waals surface area contributed by atoms with E-state index >= 15 is 0 Å². The number of carbonyl (C=O) groups is 2. The summed E-state index contributed by atoms with van der Waals surface area (Å²) in [5.41, 5.74) is 13.6. The molecule has 2 rings (SSSR count). The van der Waals surface area contributed by atoms with Crippen LogP contribution in [0.2, 0.25) is 0 Å². The molecule has 0 saturated carbocycles. The number of benzene rings is 2. The van der Waals surface area contributed by atoms with Gasteiger partial charge in [0.2, 0.25) is 0 Å². The number of carbonyl (C=O) groups excluding carboxylic acids is 2. The van der Waals surface area contributed by atoms with Crippen molar-refractivity contribution in [2.24, 2.45) is 11.5 Å². The first-order valence-electron chi connectivity index (χ1n) is 6.81. The largest absolute Gasteiger partial charge is 0.351 e. The quantitative estimate of drug-likeness (QED) is 0.672. The van der Waals surface area contributed by atoms with Crippen LogP contribution in [0.5, 0.6) is 0 Å². The molecule has 3 amide bonds. The molecule has 22 heavy (non-hydrogen) atoms. The zero-order chi connectivity index (χ0) is 15.9. The Labute approximate surface area is 128 Å². The highest BCUT2D eigenvalue weighted by Crippen LogP contribution is 2.10. The number of primary amides is 1. The third-order valence-corrected chi connectivity index (χ3v) is 3.10. The smallest absolute Gasteiger partial charge is 0.316 e. The molecule has 0 bridgehead atoms. The van der Waals surface area contributed by atoms with Crippen molar-refractivity contribution in [3.05, 3.63) is 65.2 Å². The number of nitrogens with one attached hydrogen (secondary N) is 2. The summed E-state index contributed by atoms with van der Waals surface area (Å²) in [7, 11) is 0. The first-order valence-corrected chi connectivity index (χ1v) is 6.81. The predicted octanol–water partition coefficient (Wildman–Crippen LogP) is 1.57. The lowest BCUT2D eigenvalue weighted by atomic mass is 10.1. The van der Waals surface area contributed by atoms with Crippen LogP contribution >= 0.6 is 0 Å². The molecule has 0 aliphatic carbocycles. The van der Waals surface area contributed by atoms with Crippen LogP contribution in [0.4, 0.5) is 10.5 Å². The Kier molecular flexibility index (Phi) is 5.11. The Hall–Kier alpha value is -2.86. The molecule has 0 fully saturated rings. The Morgan fingerprint density at radius 1 is 1.00 bits per heavy atom. The second-order valence-electron chi connectivity index (χ2n) is 4.77. The predicted molar refractivity (Wildman–Crippen MR) is 85.2 cm³/mol. The van der Waals surface area contributed by atoms with E-state index in [9.17, 15) is 9.59 Å². The second-order valence-corrected chi connectivity index (χ2v) is 4.77. The van der Waals surface area contributed by atoms with Gasteiger partial charge in [0.25, 0.3) is 5.91 Å². The highest BCUT2D eigenvalue weighted by molar-refractivity contribution is 5.94. The first kappa shape index (κ1) is 15.5. The summed E-state index contributed by atoms with van der Waals surface area (Å²) >= 11 is 0.